The first kappa shape index (κ1) is 15.0. The largest absolute Gasteiger partial charge is 0.375 e. The van der Waals surface area contributed by atoms with Crippen LogP contribution in [0.25, 0.3) is 0 Å². The normalized spacial score (nSPS) is 10.5. The minimum Gasteiger partial charge on any atom is -0.375 e. The van der Waals surface area contributed by atoms with E-state index < -0.39 is 0 Å². The molecule has 2 N–H and O–H groups in total. The second-order valence-electron chi connectivity index (χ2n) is 4.06. The highest BCUT2D eigenvalue weighted by atomic mass is 79.9. The van der Waals surface area contributed by atoms with Crippen LogP contribution in [0.5, 0.6) is 0 Å². The molecule has 3 nitrogen and oxygen atoms in total. The van der Waals surface area contributed by atoms with Gasteiger partial charge in [-0.3, -0.25) is 4.79 Å². The van der Waals surface area contributed by atoms with Gasteiger partial charge in [0.1, 0.15) is 5.82 Å². The Morgan fingerprint density at radius 2 is 2.06 bits per heavy atom. The van der Waals surface area contributed by atoms with Crippen molar-refractivity contribution >= 4 is 27.5 Å². The van der Waals surface area contributed by atoms with Crippen LogP contribution >= 0.6 is 15.9 Å². The second kappa shape index (κ2) is 7.36. The molecule has 1 aromatic rings. The fourth-order valence-corrected chi connectivity index (χ4v) is 2.07. The van der Waals surface area contributed by atoms with E-state index in [1.165, 1.54) is 12.1 Å². The molecule has 0 aliphatic rings. The van der Waals surface area contributed by atoms with Gasteiger partial charge in [-0.2, -0.15) is 0 Å². The molecule has 0 spiro atoms. The highest BCUT2D eigenvalue weighted by Crippen LogP contribution is 2.22. The van der Waals surface area contributed by atoms with Crippen molar-refractivity contribution in [1.82, 2.24) is 5.32 Å². The Morgan fingerprint density at radius 1 is 1.39 bits per heavy atom. The molecule has 0 heterocycles. The molecular formula is C13H18BrFN2O. The molecular weight excluding hydrogens is 299 g/mol. The first-order valence-electron chi connectivity index (χ1n) is 6.05. The van der Waals surface area contributed by atoms with Crippen LogP contribution in [-0.2, 0) is 4.79 Å². The second-order valence-corrected chi connectivity index (χ2v) is 4.91. The van der Waals surface area contributed by atoms with E-state index in [0.29, 0.717) is 10.2 Å². The minimum atomic E-state index is -0.311. The van der Waals surface area contributed by atoms with Gasteiger partial charge in [0.2, 0.25) is 5.91 Å². The highest BCUT2D eigenvalue weighted by Gasteiger charge is 2.08. The van der Waals surface area contributed by atoms with Gasteiger partial charge in [0.25, 0.3) is 0 Å². The van der Waals surface area contributed by atoms with E-state index in [9.17, 15) is 9.18 Å². The maximum Gasteiger partial charge on any atom is 0.239 e. The van der Waals surface area contributed by atoms with Gasteiger partial charge < -0.3 is 10.6 Å². The van der Waals surface area contributed by atoms with Crippen LogP contribution in [0.15, 0.2) is 22.7 Å². The van der Waals surface area contributed by atoms with Crippen LogP contribution < -0.4 is 10.6 Å². The van der Waals surface area contributed by atoms with Crippen LogP contribution in [-0.4, -0.2) is 18.5 Å². The molecule has 100 valence electrons. The standard InChI is InChI=1S/C13H18BrFN2O/c1-3-10(4-2)17-13(18)8-16-12-6-5-9(15)7-11(12)14/h5-7,10,16H,3-4,8H2,1-2H3,(H,17,18). The summed E-state index contributed by atoms with van der Waals surface area (Å²) >= 11 is 3.24. The number of hydrogen-bond acceptors (Lipinski definition) is 2. The number of hydrogen-bond donors (Lipinski definition) is 2. The molecule has 0 bridgehead atoms. The zero-order chi connectivity index (χ0) is 13.5. The molecule has 0 unspecified atom stereocenters. The molecule has 1 rings (SSSR count). The maximum atomic E-state index is 12.9. The van der Waals surface area contributed by atoms with Crippen molar-refractivity contribution in [1.29, 1.82) is 0 Å². The maximum absolute atomic E-state index is 12.9. The van der Waals surface area contributed by atoms with Gasteiger partial charge in [0.05, 0.1) is 6.54 Å². The Kier molecular flexibility index (Phi) is 6.12. The van der Waals surface area contributed by atoms with Crippen LogP contribution in [0, 0.1) is 5.82 Å². The lowest BCUT2D eigenvalue weighted by Gasteiger charge is -2.15. The predicted octanol–water partition coefficient (Wildman–Crippen LogP) is 3.30. The summed E-state index contributed by atoms with van der Waals surface area (Å²) in [6, 6.07) is 4.53. The number of halogens is 2. The van der Waals surface area contributed by atoms with Gasteiger partial charge in [-0.1, -0.05) is 13.8 Å². The highest BCUT2D eigenvalue weighted by molar-refractivity contribution is 9.10. The molecule has 0 radical (unpaired) electrons. The molecule has 18 heavy (non-hydrogen) atoms. The number of carbonyl (C=O) groups is 1. The molecule has 0 fully saturated rings. The number of nitrogens with one attached hydrogen (secondary N) is 2. The van der Waals surface area contributed by atoms with E-state index in [1.807, 2.05) is 13.8 Å². The van der Waals surface area contributed by atoms with E-state index in [2.05, 4.69) is 26.6 Å². The molecule has 0 aliphatic carbocycles. The topological polar surface area (TPSA) is 41.1 Å². The minimum absolute atomic E-state index is 0.0556. The van der Waals surface area contributed by atoms with Crippen LogP contribution in [0.1, 0.15) is 26.7 Å². The number of anilines is 1. The van der Waals surface area contributed by atoms with Gasteiger partial charge >= 0.3 is 0 Å². The third-order valence-electron chi connectivity index (χ3n) is 2.72. The van der Waals surface area contributed by atoms with Crippen molar-refractivity contribution < 1.29 is 9.18 Å². The van der Waals surface area contributed by atoms with E-state index in [-0.39, 0.29) is 24.3 Å². The first-order valence-corrected chi connectivity index (χ1v) is 6.84. The van der Waals surface area contributed by atoms with Crippen molar-refractivity contribution in [2.75, 3.05) is 11.9 Å². The fraction of sp³-hybridized carbons (Fsp3) is 0.462. The van der Waals surface area contributed by atoms with Gasteiger partial charge in [-0.25, -0.2) is 4.39 Å². The molecule has 1 amide bonds. The molecule has 0 aliphatic heterocycles. The summed E-state index contributed by atoms with van der Waals surface area (Å²) < 4.78 is 13.5. The lowest BCUT2D eigenvalue weighted by atomic mass is 10.2. The number of rotatable bonds is 6. The lowest BCUT2D eigenvalue weighted by Crippen LogP contribution is -2.37. The first-order chi connectivity index (χ1) is 8.56. The van der Waals surface area contributed by atoms with Crippen molar-refractivity contribution in [3.63, 3.8) is 0 Å². The average molecular weight is 317 g/mol. The van der Waals surface area contributed by atoms with Crippen LogP contribution in [0.4, 0.5) is 10.1 Å². The smallest absolute Gasteiger partial charge is 0.239 e. The molecule has 0 saturated carbocycles. The summed E-state index contributed by atoms with van der Waals surface area (Å²) in [6.45, 7) is 4.26. The zero-order valence-corrected chi connectivity index (χ0v) is 12.2. The Bertz CT molecular complexity index is 408. The summed E-state index contributed by atoms with van der Waals surface area (Å²) in [5, 5.41) is 5.89. The van der Waals surface area contributed by atoms with Crippen molar-refractivity contribution in [2.45, 2.75) is 32.7 Å². The molecule has 0 aromatic heterocycles. The van der Waals surface area contributed by atoms with Crippen molar-refractivity contribution in [3.05, 3.63) is 28.5 Å². The van der Waals surface area contributed by atoms with Gasteiger partial charge in [0.15, 0.2) is 0 Å². The van der Waals surface area contributed by atoms with Gasteiger partial charge in [-0.15, -0.1) is 0 Å². The summed E-state index contributed by atoms with van der Waals surface area (Å²) in [6.07, 6.45) is 1.84. The van der Waals surface area contributed by atoms with E-state index >= 15 is 0 Å². The summed E-state index contributed by atoms with van der Waals surface area (Å²) in [5.41, 5.74) is 0.705. The van der Waals surface area contributed by atoms with E-state index in [0.717, 1.165) is 12.8 Å². The predicted molar refractivity (Wildman–Crippen MR) is 75.1 cm³/mol. The summed E-state index contributed by atoms with van der Waals surface area (Å²) in [5.74, 6) is -0.367. The summed E-state index contributed by atoms with van der Waals surface area (Å²) in [7, 11) is 0. The molecule has 5 heteroatoms. The van der Waals surface area contributed by atoms with E-state index in [4.69, 9.17) is 0 Å². The SMILES string of the molecule is CCC(CC)NC(=O)CNc1ccc(F)cc1Br. The summed E-state index contributed by atoms with van der Waals surface area (Å²) in [4.78, 5) is 11.7. The lowest BCUT2D eigenvalue weighted by molar-refractivity contribution is -0.120. The fourth-order valence-electron chi connectivity index (χ4n) is 1.58. The number of benzene rings is 1. The Morgan fingerprint density at radius 3 is 2.61 bits per heavy atom. The van der Waals surface area contributed by atoms with Gasteiger partial charge in [-0.05, 0) is 47.0 Å². The third-order valence-corrected chi connectivity index (χ3v) is 3.38. The zero-order valence-electron chi connectivity index (χ0n) is 10.6. The monoisotopic (exact) mass is 316 g/mol. The quantitative estimate of drug-likeness (QED) is 0.845. The van der Waals surface area contributed by atoms with Crippen LogP contribution in [0.2, 0.25) is 0 Å². The van der Waals surface area contributed by atoms with E-state index in [1.54, 1.807) is 6.07 Å². The molecule has 0 atom stereocenters. The number of carbonyl (C=O) groups excluding carboxylic acids is 1. The Labute approximate surface area is 115 Å². The number of amides is 1. The van der Waals surface area contributed by atoms with Gasteiger partial charge in [0, 0.05) is 16.2 Å². The Balaban J connectivity index is 2.47. The Hall–Kier alpha value is -1.10. The molecule has 1 aromatic carbocycles. The van der Waals surface area contributed by atoms with Crippen molar-refractivity contribution in [2.24, 2.45) is 0 Å². The van der Waals surface area contributed by atoms with Crippen molar-refractivity contribution in [3.8, 4) is 0 Å². The van der Waals surface area contributed by atoms with Crippen LogP contribution in [0.3, 0.4) is 0 Å². The average Bonchev–Trinajstić information content (AvgIpc) is 2.35. The third kappa shape index (κ3) is 4.64. The molecule has 0 saturated heterocycles.